The summed E-state index contributed by atoms with van der Waals surface area (Å²) in [6, 6.07) is 0. The van der Waals surface area contributed by atoms with E-state index in [0.717, 1.165) is 9.80 Å². The van der Waals surface area contributed by atoms with Crippen LogP contribution in [0.3, 0.4) is 0 Å². The standard InChI is InChI=1S/C17H36N2O8S/c1-9(20)5-13(24)18(14(25)6-10(2)21)17(28)19(15(26)7-11(3)22)16(27)8-12(4)23/h9-16,20-27H,5-8H2,1-4H3/t9-,10-,11-,12-,13-,14-,15-,16-/m1/s1. The molecule has 0 unspecified atom stereocenters. The summed E-state index contributed by atoms with van der Waals surface area (Å²) in [5.74, 6) is 0. The summed E-state index contributed by atoms with van der Waals surface area (Å²) in [5, 5.41) is 79.8. The molecule has 0 fully saturated rings. The molecule has 8 N–H and O–H groups in total. The molecule has 0 bridgehead atoms. The summed E-state index contributed by atoms with van der Waals surface area (Å²) in [6.45, 7) is 5.70. The Labute approximate surface area is 171 Å². The fourth-order valence-electron chi connectivity index (χ4n) is 2.72. The van der Waals surface area contributed by atoms with Gasteiger partial charge in [-0.1, -0.05) is 0 Å². The minimum Gasteiger partial charge on any atom is -0.393 e. The first-order valence-corrected chi connectivity index (χ1v) is 9.73. The summed E-state index contributed by atoms with van der Waals surface area (Å²) < 4.78 is 0. The van der Waals surface area contributed by atoms with Gasteiger partial charge in [0.15, 0.2) is 5.11 Å². The maximum Gasteiger partial charge on any atom is 0.179 e. The molecule has 168 valence electrons. The van der Waals surface area contributed by atoms with E-state index in [2.05, 4.69) is 0 Å². The number of rotatable bonds is 12. The van der Waals surface area contributed by atoms with Crippen molar-refractivity contribution in [1.29, 1.82) is 0 Å². The molecule has 0 heterocycles. The van der Waals surface area contributed by atoms with Crippen LogP contribution in [0, 0.1) is 0 Å². The molecule has 0 aliphatic rings. The Bertz CT molecular complexity index is 383. The molecule has 0 aliphatic carbocycles. The average Bonchev–Trinajstić information content (AvgIpc) is 2.43. The second-order valence-corrected chi connectivity index (χ2v) is 7.72. The predicted molar refractivity (Wildman–Crippen MR) is 105 cm³/mol. The smallest absolute Gasteiger partial charge is 0.179 e. The van der Waals surface area contributed by atoms with Gasteiger partial charge in [-0.2, -0.15) is 0 Å². The Kier molecular flexibility index (Phi) is 12.5. The van der Waals surface area contributed by atoms with Crippen molar-refractivity contribution >= 4 is 17.3 Å². The fraction of sp³-hybridized carbons (Fsp3) is 0.941. The molecule has 8 atom stereocenters. The lowest BCUT2D eigenvalue weighted by atomic mass is 10.1. The van der Waals surface area contributed by atoms with Crippen molar-refractivity contribution in [3.63, 3.8) is 0 Å². The van der Waals surface area contributed by atoms with E-state index in [-0.39, 0.29) is 30.8 Å². The maximum atomic E-state index is 10.5. The zero-order valence-corrected chi connectivity index (χ0v) is 17.6. The van der Waals surface area contributed by atoms with Crippen LogP contribution in [-0.2, 0) is 0 Å². The molecule has 0 spiro atoms. The second-order valence-electron chi connectivity index (χ2n) is 7.36. The molecule has 0 aromatic heterocycles. The van der Waals surface area contributed by atoms with Crippen LogP contribution in [0.15, 0.2) is 0 Å². The van der Waals surface area contributed by atoms with Crippen LogP contribution in [0.5, 0.6) is 0 Å². The van der Waals surface area contributed by atoms with Gasteiger partial charge in [-0.05, 0) is 39.9 Å². The minimum atomic E-state index is -1.48. The van der Waals surface area contributed by atoms with Gasteiger partial charge in [-0.15, -0.1) is 0 Å². The van der Waals surface area contributed by atoms with Gasteiger partial charge in [0.25, 0.3) is 0 Å². The third kappa shape index (κ3) is 9.72. The van der Waals surface area contributed by atoms with Gasteiger partial charge in [0.1, 0.15) is 24.9 Å². The lowest BCUT2D eigenvalue weighted by Gasteiger charge is -2.43. The average molecular weight is 429 g/mol. The number of aliphatic hydroxyl groups excluding tert-OH is 8. The van der Waals surface area contributed by atoms with Crippen molar-refractivity contribution < 1.29 is 40.9 Å². The van der Waals surface area contributed by atoms with E-state index in [1.165, 1.54) is 27.7 Å². The van der Waals surface area contributed by atoms with Crippen molar-refractivity contribution in [2.45, 2.75) is 103 Å². The van der Waals surface area contributed by atoms with E-state index in [4.69, 9.17) is 12.2 Å². The molecule has 0 saturated carbocycles. The van der Waals surface area contributed by atoms with Crippen LogP contribution in [0.1, 0.15) is 53.4 Å². The SMILES string of the molecule is C[C@@H](O)C[C@@H](O)N(C(=S)N([C@H](O)C[C@@H](C)O)[C@H](O)C[C@@H](C)O)[C@H](O)C[C@@H](C)O. The molecule has 28 heavy (non-hydrogen) atoms. The van der Waals surface area contributed by atoms with Gasteiger partial charge >= 0.3 is 0 Å². The van der Waals surface area contributed by atoms with E-state index < -0.39 is 49.3 Å². The highest BCUT2D eigenvalue weighted by atomic mass is 32.1. The quantitative estimate of drug-likeness (QED) is 0.131. The summed E-state index contributed by atoms with van der Waals surface area (Å²) in [5.41, 5.74) is 0. The predicted octanol–water partition coefficient (Wildman–Crippen LogP) is -1.77. The number of thiocarbonyl (C=S) groups is 1. The Balaban J connectivity index is 5.86. The zero-order chi connectivity index (χ0) is 22.2. The Morgan fingerprint density at radius 3 is 0.857 bits per heavy atom. The van der Waals surface area contributed by atoms with Crippen molar-refractivity contribution in [3.8, 4) is 0 Å². The van der Waals surface area contributed by atoms with E-state index in [0.29, 0.717) is 0 Å². The highest BCUT2D eigenvalue weighted by Gasteiger charge is 2.36. The summed E-state index contributed by atoms with van der Waals surface area (Å²) in [4.78, 5) is 1.79. The molecular weight excluding hydrogens is 392 g/mol. The number of aliphatic hydroxyl groups is 8. The molecule has 0 saturated heterocycles. The van der Waals surface area contributed by atoms with Crippen LogP contribution in [0.25, 0.3) is 0 Å². The molecule has 0 aromatic carbocycles. The first-order chi connectivity index (χ1) is 12.8. The molecular formula is C17H36N2O8S. The topological polar surface area (TPSA) is 168 Å². The maximum absolute atomic E-state index is 10.5. The first-order valence-electron chi connectivity index (χ1n) is 9.33. The fourth-order valence-corrected chi connectivity index (χ4v) is 3.20. The normalized spacial score (nSPS) is 20.4. The van der Waals surface area contributed by atoms with Gasteiger partial charge < -0.3 is 40.9 Å². The number of hydrogen-bond acceptors (Lipinski definition) is 9. The van der Waals surface area contributed by atoms with Gasteiger partial charge in [-0.3, -0.25) is 9.80 Å². The van der Waals surface area contributed by atoms with E-state index in [1.807, 2.05) is 0 Å². The van der Waals surface area contributed by atoms with Crippen LogP contribution in [0.4, 0.5) is 0 Å². The van der Waals surface area contributed by atoms with E-state index in [1.54, 1.807) is 0 Å². The molecule has 11 heteroatoms. The summed E-state index contributed by atoms with van der Waals surface area (Å²) >= 11 is 5.30. The number of nitrogens with zero attached hydrogens (tertiary/aromatic N) is 2. The monoisotopic (exact) mass is 428 g/mol. The van der Waals surface area contributed by atoms with Gasteiger partial charge in [0, 0.05) is 25.7 Å². The van der Waals surface area contributed by atoms with E-state index >= 15 is 0 Å². The lowest BCUT2D eigenvalue weighted by Crippen LogP contribution is -2.59. The molecule has 0 rings (SSSR count). The molecule has 0 aliphatic heterocycles. The zero-order valence-electron chi connectivity index (χ0n) is 16.8. The third-order valence-electron chi connectivity index (χ3n) is 3.93. The van der Waals surface area contributed by atoms with Crippen molar-refractivity contribution in [2.24, 2.45) is 0 Å². The second kappa shape index (κ2) is 12.8. The third-order valence-corrected chi connectivity index (χ3v) is 4.36. The van der Waals surface area contributed by atoms with Gasteiger partial charge in [-0.25, -0.2) is 0 Å². The summed E-state index contributed by atoms with van der Waals surface area (Å²) in [6.07, 6.45) is -10.5. The molecule has 10 nitrogen and oxygen atoms in total. The molecule has 0 aromatic rings. The molecule has 0 radical (unpaired) electrons. The van der Waals surface area contributed by atoms with Crippen molar-refractivity contribution in [2.75, 3.05) is 0 Å². The summed E-state index contributed by atoms with van der Waals surface area (Å²) in [7, 11) is 0. The van der Waals surface area contributed by atoms with Crippen LogP contribution >= 0.6 is 12.2 Å². The Morgan fingerprint density at radius 1 is 0.536 bits per heavy atom. The van der Waals surface area contributed by atoms with Crippen LogP contribution < -0.4 is 0 Å². The Hall–Kier alpha value is -0.630. The number of hydrogen-bond donors (Lipinski definition) is 8. The van der Waals surface area contributed by atoms with Crippen LogP contribution in [0.2, 0.25) is 0 Å². The van der Waals surface area contributed by atoms with Crippen LogP contribution in [-0.4, -0.2) is 105 Å². The largest absolute Gasteiger partial charge is 0.393 e. The van der Waals surface area contributed by atoms with Gasteiger partial charge in [0.05, 0.1) is 24.4 Å². The minimum absolute atomic E-state index is 0.205. The Morgan fingerprint density at radius 2 is 0.714 bits per heavy atom. The van der Waals surface area contributed by atoms with Gasteiger partial charge in [0.2, 0.25) is 0 Å². The molecule has 0 amide bonds. The highest BCUT2D eigenvalue weighted by molar-refractivity contribution is 7.80. The van der Waals surface area contributed by atoms with E-state index in [9.17, 15) is 40.9 Å². The lowest BCUT2D eigenvalue weighted by molar-refractivity contribution is -0.120. The van der Waals surface area contributed by atoms with Crippen molar-refractivity contribution in [3.05, 3.63) is 0 Å². The highest BCUT2D eigenvalue weighted by Crippen LogP contribution is 2.21. The first kappa shape index (κ1) is 27.4. The van der Waals surface area contributed by atoms with Crippen molar-refractivity contribution in [1.82, 2.24) is 9.80 Å².